The van der Waals surface area contributed by atoms with Gasteiger partial charge in [-0.15, -0.1) is 0 Å². The quantitative estimate of drug-likeness (QED) is 0.312. The van der Waals surface area contributed by atoms with Crippen molar-refractivity contribution in [2.45, 2.75) is 44.3 Å². The van der Waals surface area contributed by atoms with Crippen LogP contribution in [0.5, 0.6) is 0 Å². The second kappa shape index (κ2) is 11.0. The molecule has 4 unspecified atom stereocenters. The van der Waals surface area contributed by atoms with Crippen molar-refractivity contribution in [2.24, 2.45) is 0 Å². The van der Waals surface area contributed by atoms with Crippen molar-refractivity contribution in [1.82, 2.24) is 0 Å². The Morgan fingerprint density at radius 1 is 1.08 bits per heavy atom. The van der Waals surface area contributed by atoms with Gasteiger partial charge >= 0.3 is 15.6 Å². The van der Waals surface area contributed by atoms with Crippen LogP contribution in [0.1, 0.15) is 32.1 Å². The van der Waals surface area contributed by atoms with E-state index in [4.69, 9.17) is 23.4 Å². The Morgan fingerprint density at radius 3 is 2.46 bits per heavy atom. The second-order valence-corrected chi connectivity index (χ2v) is 8.19. The molecule has 3 N–H and O–H groups in total. The highest BCUT2D eigenvalue weighted by molar-refractivity contribution is 7.47. The summed E-state index contributed by atoms with van der Waals surface area (Å²) in [5, 5.41) is 8.65. The van der Waals surface area contributed by atoms with E-state index in [1.54, 1.807) is 0 Å². The van der Waals surface area contributed by atoms with Crippen molar-refractivity contribution >= 4 is 15.6 Å². The van der Waals surface area contributed by atoms with E-state index in [2.05, 4.69) is 4.52 Å². The third-order valence-electron chi connectivity index (χ3n) is 3.36. The molecule has 0 spiro atoms. The fourth-order valence-electron chi connectivity index (χ4n) is 2.07. The van der Waals surface area contributed by atoms with Gasteiger partial charge in [0.15, 0.2) is 0 Å². The molecule has 1 saturated heterocycles. The zero-order chi connectivity index (χ0) is 18.1. The Bertz CT molecular complexity index is 446. The molecule has 1 fully saturated rings. The first kappa shape index (κ1) is 22.2. The topological polar surface area (TPSA) is 141 Å². The summed E-state index contributed by atoms with van der Waals surface area (Å²) in [6, 6.07) is 0. The Labute approximate surface area is 141 Å². The van der Waals surface area contributed by atoms with Crippen LogP contribution in [0.2, 0.25) is 0 Å². The van der Waals surface area contributed by atoms with Gasteiger partial charge in [-0.1, -0.05) is 12.8 Å². The highest BCUT2D eigenvalue weighted by atomic mass is 31.2. The average Bonchev–Trinajstić information content (AvgIpc) is 2.95. The van der Waals surface area contributed by atoms with Crippen molar-refractivity contribution in [3.63, 3.8) is 0 Å². The van der Waals surface area contributed by atoms with Gasteiger partial charge in [-0.25, -0.2) is 9.13 Å². The monoisotopic (exact) mass is 392 g/mol. The average molecular weight is 392 g/mol. The number of rotatable bonds is 13. The van der Waals surface area contributed by atoms with E-state index >= 15 is 0 Å². The van der Waals surface area contributed by atoms with E-state index in [0.717, 1.165) is 20.0 Å². The van der Waals surface area contributed by atoms with Crippen LogP contribution < -0.4 is 0 Å². The third-order valence-corrected chi connectivity index (χ3v) is 5.34. The van der Waals surface area contributed by atoms with E-state index in [1.165, 1.54) is 0 Å². The van der Waals surface area contributed by atoms with Gasteiger partial charge in [0.05, 0.1) is 13.2 Å². The molecule has 1 heterocycles. The smallest absolute Gasteiger partial charge is 0.396 e. The van der Waals surface area contributed by atoms with Crippen LogP contribution in [-0.2, 0) is 32.0 Å². The molecule has 0 bridgehead atoms. The zero-order valence-electron chi connectivity index (χ0n) is 13.6. The number of aliphatic hydroxyl groups is 1. The molecule has 1 aliphatic heterocycles. The largest absolute Gasteiger partial charge is 0.472 e. The van der Waals surface area contributed by atoms with Gasteiger partial charge in [-0.05, 0) is 12.8 Å². The van der Waals surface area contributed by atoms with Gasteiger partial charge in [-0.2, -0.15) is 0 Å². The molecule has 0 aromatic heterocycles. The minimum Gasteiger partial charge on any atom is -0.396 e. The van der Waals surface area contributed by atoms with Crippen molar-refractivity contribution in [1.29, 1.82) is 0 Å². The molecular formula is C12H26O10P2. The predicted molar refractivity (Wildman–Crippen MR) is 83.3 cm³/mol. The molecule has 0 saturated carbocycles. The van der Waals surface area contributed by atoms with Crippen LogP contribution in [0, 0.1) is 0 Å². The molecule has 144 valence electrons. The first-order valence-corrected chi connectivity index (χ1v) is 10.7. The summed E-state index contributed by atoms with van der Waals surface area (Å²) < 4.78 is 47.4. The fourth-order valence-corrected chi connectivity index (χ4v) is 3.52. The summed E-state index contributed by atoms with van der Waals surface area (Å²) in [5.74, 6) is 0. The van der Waals surface area contributed by atoms with Gasteiger partial charge < -0.3 is 19.6 Å². The first-order chi connectivity index (χ1) is 11.3. The fraction of sp³-hybridized carbons (Fsp3) is 1.00. The van der Waals surface area contributed by atoms with Crippen molar-refractivity contribution in [3.05, 3.63) is 0 Å². The molecule has 1 rings (SSSR count). The van der Waals surface area contributed by atoms with Gasteiger partial charge in [0, 0.05) is 26.7 Å². The summed E-state index contributed by atoms with van der Waals surface area (Å²) in [7, 11) is -7.38. The van der Waals surface area contributed by atoms with E-state index in [-0.39, 0.29) is 26.4 Å². The van der Waals surface area contributed by atoms with E-state index in [1.807, 2.05) is 0 Å². The third kappa shape index (κ3) is 9.01. The first-order valence-electron chi connectivity index (χ1n) is 7.71. The van der Waals surface area contributed by atoms with Crippen LogP contribution in [0.25, 0.3) is 0 Å². The van der Waals surface area contributed by atoms with Crippen LogP contribution >= 0.6 is 15.6 Å². The Hall–Kier alpha value is 0.140. The maximum Gasteiger partial charge on any atom is 0.472 e. The van der Waals surface area contributed by atoms with E-state index in [9.17, 15) is 18.9 Å². The normalized spacial score (nSPS) is 26.2. The molecule has 1 aliphatic rings. The number of hydrogen-bond donors (Lipinski definition) is 3. The molecule has 24 heavy (non-hydrogen) atoms. The number of hydrogen-bond acceptors (Lipinski definition) is 8. The number of aliphatic hydroxyl groups excluding tert-OH is 1. The van der Waals surface area contributed by atoms with Crippen molar-refractivity contribution in [3.8, 4) is 0 Å². The summed E-state index contributed by atoms with van der Waals surface area (Å²) in [5.41, 5.74) is 0. The molecule has 0 aromatic carbocycles. The van der Waals surface area contributed by atoms with Gasteiger partial charge in [0.2, 0.25) is 0 Å². The van der Waals surface area contributed by atoms with E-state index in [0.29, 0.717) is 19.3 Å². The minimum atomic E-state index is -4.25. The van der Waals surface area contributed by atoms with Gasteiger partial charge in [0.1, 0.15) is 12.2 Å². The highest BCUT2D eigenvalue weighted by Crippen LogP contribution is 2.48. The van der Waals surface area contributed by atoms with Crippen LogP contribution in [0.3, 0.4) is 0 Å². The van der Waals surface area contributed by atoms with E-state index < -0.39 is 27.9 Å². The molecule has 10 nitrogen and oxygen atoms in total. The molecule has 0 aliphatic carbocycles. The summed E-state index contributed by atoms with van der Waals surface area (Å²) >= 11 is 0. The SMILES string of the molecule is COP(=O)(O)OCC1OCCC1OP(=O)(O)OCCCCCCO. The minimum absolute atomic E-state index is 0.0590. The highest BCUT2D eigenvalue weighted by Gasteiger charge is 2.37. The summed E-state index contributed by atoms with van der Waals surface area (Å²) in [6.07, 6.45) is 1.62. The van der Waals surface area contributed by atoms with Crippen LogP contribution in [0.15, 0.2) is 0 Å². The van der Waals surface area contributed by atoms with Crippen molar-refractivity contribution < 1.29 is 46.9 Å². The molecule has 0 aromatic rings. The number of unbranched alkanes of at least 4 members (excludes halogenated alkanes) is 3. The van der Waals surface area contributed by atoms with Gasteiger partial charge in [-0.3, -0.25) is 18.1 Å². The maximum absolute atomic E-state index is 11.9. The number of ether oxygens (including phenoxy) is 1. The predicted octanol–water partition coefficient (Wildman–Crippen LogP) is 1.59. The summed E-state index contributed by atoms with van der Waals surface area (Å²) in [4.78, 5) is 18.9. The molecule has 0 radical (unpaired) electrons. The number of phosphoric acid groups is 2. The molecule has 0 amide bonds. The standard InChI is InChI=1S/C12H26O10P2/c1-18-23(14,15)21-10-12-11(6-9-19-12)22-24(16,17)20-8-5-3-2-4-7-13/h11-13H,2-10H2,1H3,(H,14,15)(H,16,17). The van der Waals surface area contributed by atoms with Gasteiger partial charge in [0.25, 0.3) is 0 Å². The lowest BCUT2D eigenvalue weighted by atomic mass is 10.2. The zero-order valence-corrected chi connectivity index (χ0v) is 15.4. The van der Waals surface area contributed by atoms with Crippen molar-refractivity contribution in [2.75, 3.05) is 33.5 Å². The lowest BCUT2D eigenvalue weighted by Crippen LogP contribution is -2.28. The molecule has 12 heteroatoms. The van der Waals surface area contributed by atoms with Crippen LogP contribution in [0.4, 0.5) is 0 Å². The van der Waals surface area contributed by atoms with Crippen LogP contribution in [-0.4, -0.2) is 60.6 Å². The molecular weight excluding hydrogens is 366 g/mol. The Kier molecular flexibility index (Phi) is 10.1. The maximum atomic E-state index is 11.9. The number of phosphoric ester groups is 2. The lowest BCUT2D eigenvalue weighted by Gasteiger charge is -2.22. The molecule has 4 atom stereocenters. The Morgan fingerprint density at radius 2 is 1.79 bits per heavy atom. The lowest BCUT2D eigenvalue weighted by molar-refractivity contribution is -0.00199. The second-order valence-electron chi connectivity index (χ2n) is 5.23. The Balaban J connectivity index is 2.33. The summed E-state index contributed by atoms with van der Waals surface area (Å²) in [6.45, 7) is 0.136.